The summed E-state index contributed by atoms with van der Waals surface area (Å²) < 4.78 is 42.8. The Hall–Kier alpha value is -2.83. The van der Waals surface area contributed by atoms with Crippen LogP contribution in [0.3, 0.4) is 0 Å². The normalized spacial score (nSPS) is 11.0. The van der Waals surface area contributed by atoms with E-state index in [0.717, 1.165) is 6.07 Å². The third-order valence-electron chi connectivity index (χ3n) is 3.10. The van der Waals surface area contributed by atoms with E-state index in [-0.39, 0.29) is 12.3 Å². The number of alkyl halides is 3. The Bertz CT molecular complexity index is 739. The molecular formula is C17H14F3NO3. The summed E-state index contributed by atoms with van der Waals surface area (Å²) in [4.78, 5) is 23.0. The minimum absolute atomic E-state index is 0.0312. The number of esters is 1. The molecule has 24 heavy (non-hydrogen) atoms. The van der Waals surface area contributed by atoms with E-state index in [0.29, 0.717) is 11.3 Å². The second kappa shape index (κ2) is 7.16. The van der Waals surface area contributed by atoms with E-state index in [2.05, 4.69) is 5.32 Å². The van der Waals surface area contributed by atoms with Gasteiger partial charge in [0, 0.05) is 11.4 Å². The molecule has 0 saturated carbocycles. The quantitative estimate of drug-likeness (QED) is 0.651. The maximum absolute atomic E-state index is 12.6. The van der Waals surface area contributed by atoms with Gasteiger partial charge in [-0.05, 0) is 43.3 Å². The fraction of sp³-hybridized carbons (Fsp3) is 0.176. The van der Waals surface area contributed by atoms with Crippen molar-refractivity contribution in [1.29, 1.82) is 0 Å². The summed E-state index contributed by atoms with van der Waals surface area (Å²) >= 11 is 0. The Morgan fingerprint density at radius 3 is 2.25 bits per heavy atom. The van der Waals surface area contributed by atoms with Crippen LogP contribution in [0.25, 0.3) is 0 Å². The van der Waals surface area contributed by atoms with Crippen LogP contribution < -0.4 is 5.32 Å². The van der Waals surface area contributed by atoms with Gasteiger partial charge in [0.15, 0.2) is 0 Å². The van der Waals surface area contributed by atoms with Crippen LogP contribution in [-0.4, -0.2) is 24.5 Å². The number of halogens is 3. The molecule has 0 aliphatic heterocycles. The Balaban J connectivity index is 2.23. The molecule has 0 radical (unpaired) electrons. The minimum Gasteiger partial charge on any atom is -0.462 e. The summed E-state index contributed by atoms with van der Waals surface area (Å²) in [6.07, 6.45) is -4.95. The first-order chi connectivity index (χ1) is 11.3. The van der Waals surface area contributed by atoms with E-state index in [4.69, 9.17) is 4.74 Å². The SMILES string of the molecule is CCOC(=O)c1ccc(Nc2ccccc2C(=O)C(F)(F)F)cc1. The lowest BCUT2D eigenvalue weighted by molar-refractivity contribution is -0.0884. The van der Waals surface area contributed by atoms with Gasteiger partial charge in [-0.15, -0.1) is 0 Å². The highest BCUT2D eigenvalue weighted by atomic mass is 19.4. The molecule has 2 aromatic rings. The molecule has 0 amide bonds. The number of hydrogen-bond acceptors (Lipinski definition) is 4. The third kappa shape index (κ3) is 4.13. The molecule has 0 aromatic heterocycles. The molecule has 2 rings (SSSR count). The Labute approximate surface area is 136 Å². The molecule has 0 fully saturated rings. The summed E-state index contributed by atoms with van der Waals surface area (Å²) in [5, 5.41) is 2.75. The number of para-hydroxylation sites is 1. The summed E-state index contributed by atoms with van der Waals surface area (Å²) in [5.74, 6) is -2.41. The third-order valence-corrected chi connectivity index (χ3v) is 3.10. The van der Waals surface area contributed by atoms with Crippen LogP contribution in [-0.2, 0) is 4.74 Å². The van der Waals surface area contributed by atoms with Crippen molar-refractivity contribution in [3.8, 4) is 0 Å². The van der Waals surface area contributed by atoms with Gasteiger partial charge in [-0.2, -0.15) is 13.2 Å². The smallest absolute Gasteiger partial charge is 0.454 e. The molecule has 7 heteroatoms. The molecule has 4 nitrogen and oxygen atoms in total. The summed E-state index contributed by atoms with van der Waals surface area (Å²) in [5.41, 5.74) is 0.315. The molecule has 0 aliphatic rings. The number of hydrogen-bond donors (Lipinski definition) is 1. The lowest BCUT2D eigenvalue weighted by Gasteiger charge is -2.13. The number of Topliss-reactive ketones (excluding diaryl/α,β-unsaturated/α-hetero) is 1. The van der Waals surface area contributed by atoms with Gasteiger partial charge in [0.05, 0.1) is 17.7 Å². The molecule has 0 unspecified atom stereocenters. The summed E-state index contributed by atoms with van der Waals surface area (Å²) in [7, 11) is 0. The van der Waals surface area contributed by atoms with Gasteiger partial charge in [0.1, 0.15) is 0 Å². The van der Waals surface area contributed by atoms with Gasteiger partial charge in [-0.1, -0.05) is 12.1 Å². The van der Waals surface area contributed by atoms with Crippen molar-refractivity contribution in [3.63, 3.8) is 0 Å². The summed E-state index contributed by atoms with van der Waals surface area (Å²) in [6.45, 7) is 1.92. The van der Waals surface area contributed by atoms with Crippen molar-refractivity contribution in [1.82, 2.24) is 0 Å². The number of benzene rings is 2. The van der Waals surface area contributed by atoms with E-state index in [1.54, 1.807) is 6.92 Å². The lowest BCUT2D eigenvalue weighted by Crippen LogP contribution is -2.23. The van der Waals surface area contributed by atoms with Crippen LogP contribution in [0.15, 0.2) is 48.5 Å². The molecule has 0 bridgehead atoms. The first-order valence-electron chi connectivity index (χ1n) is 7.07. The monoisotopic (exact) mass is 337 g/mol. The van der Waals surface area contributed by atoms with Crippen molar-refractivity contribution in [2.24, 2.45) is 0 Å². The van der Waals surface area contributed by atoms with E-state index in [9.17, 15) is 22.8 Å². The highest BCUT2D eigenvalue weighted by Crippen LogP contribution is 2.28. The van der Waals surface area contributed by atoms with Gasteiger partial charge in [-0.3, -0.25) is 4.79 Å². The fourth-order valence-electron chi connectivity index (χ4n) is 2.00. The van der Waals surface area contributed by atoms with Gasteiger partial charge in [-0.25, -0.2) is 4.79 Å². The minimum atomic E-state index is -4.95. The summed E-state index contributed by atoms with van der Waals surface area (Å²) in [6, 6.07) is 11.3. The fourth-order valence-corrected chi connectivity index (χ4v) is 2.00. The van der Waals surface area contributed by atoms with Gasteiger partial charge in [0.25, 0.3) is 5.78 Å². The lowest BCUT2D eigenvalue weighted by atomic mass is 10.1. The maximum atomic E-state index is 12.6. The zero-order valence-corrected chi connectivity index (χ0v) is 12.7. The first-order valence-corrected chi connectivity index (χ1v) is 7.07. The Morgan fingerprint density at radius 2 is 1.67 bits per heavy atom. The Kier molecular flexibility index (Phi) is 5.23. The van der Waals surface area contributed by atoms with Gasteiger partial charge < -0.3 is 10.1 Å². The molecular weight excluding hydrogens is 323 g/mol. The van der Waals surface area contributed by atoms with E-state index < -0.39 is 23.5 Å². The molecule has 0 spiro atoms. The number of carbonyl (C=O) groups excluding carboxylic acids is 2. The van der Waals surface area contributed by atoms with Crippen molar-refractivity contribution in [2.75, 3.05) is 11.9 Å². The molecule has 2 aromatic carbocycles. The predicted octanol–water partition coefficient (Wildman–Crippen LogP) is 4.35. The molecule has 0 aliphatic carbocycles. The molecule has 0 saturated heterocycles. The van der Waals surface area contributed by atoms with Crippen molar-refractivity contribution >= 4 is 23.1 Å². The highest BCUT2D eigenvalue weighted by Gasteiger charge is 2.40. The van der Waals surface area contributed by atoms with E-state index in [1.165, 1.54) is 42.5 Å². The van der Waals surface area contributed by atoms with Crippen molar-refractivity contribution in [2.45, 2.75) is 13.1 Å². The molecule has 0 heterocycles. The molecule has 0 atom stereocenters. The zero-order valence-electron chi connectivity index (χ0n) is 12.7. The van der Waals surface area contributed by atoms with Crippen molar-refractivity contribution < 1.29 is 27.5 Å². The zero-order chi connectivity index (χ0) is 17.7. The highest BCUT2D eigenvalue weighted by molar-refractivity contribution is 6.05. The number of anilines is 2. The number of carbonyl (C=O) groups is 2. The van der Waals surface area contributed by atoms with Gasteiger partial charge in [0.2, 0.25) is 0 Å². The van der Waals surface area contributed by atoms with Crippen LogP contribution in [0, 0.1) is 0 Å². The second-order valence-electron chi connectivity index (χ2n) is 4.80. The topological polar surface area (TPSA) is 55.4 Å². The van der Waals surface area contributed by atoms with E-state index in [1.807, 2.05) is 0 Å². The van der Waals surface area contributed by atoms with Crippen LogP contribution in [0.2, 0.25) is 0 Å². The largest absolute Gasteiger partial charge is 0.462 e. The standard InChI is InChI=1S/C17H14F3NO3/c1-2-24-16(23)11-7-9-12(10-8-11)21-14-6-4-3-5-13(14)15(22)17(18,19)20/h3-10,21H,2H2,1H3. The Morgan fingerprint density at radius 1 is 1.04 bits per heavy atom. The van der Waals surface area contributed by atoms with Crippen LogP contribution in [0.1, 0.15) is 27.6 Å². The molecule has 126 valence electrons. The van der Waals surface area contributed by atoms with Crippen LogP contribution in [0.5, 0.6) is 0 Å². The average Bonchev–Trinajstić information content (AvgIpc) is 2.55. The number of nitrogens with one attached hydrogen (secondary N) is 1. The van der Waals surface area contributed by atoms with E-state index >= 15 is 0 Å². The van der Waals surface area contributed by atoms with Gasteiger partial charge >= 0.3 is 12.1 Å². The first kappa shape index (κ1) is 17.5. The second-order valence-corrected chi connectivity index (χ2v) is 4.80. The number of ether oxygens (including phenoxy) is 1. The number of ketones is 1. The molecule has 1 N–H and O–H groups in total. The van der Waals surface area contributed by atoms with Crippen LogP contribution in [0.4, 0.5) is 24.5 Å². The average molecular weight is 337 g/mol. The van der Waals surface area contributed by atoms with Crippen molar-refractivity contribution in [3.05, 3.63) is 59.7 Å². The number of rotatable bonds is 5. The van der Waals surface area contributed by atoms with Crippen LogP contribution >= 0.6 is 0 Å². The maximum Gasteiger partial charge on any atom is 0.454 e. The predicted molar refractivity (Wildman–Crippen MR) is 82.5 cm³/mol.